The molecule has 0 saturated carbocycles. The molecule has 11 heteroatoms. The topological polar surface area (TPSA) is 152 Å². The highest BCUT2D eigenvalue weighted by Gasteiger charge is 2.17. The van der Waals surface area contributed by atoms with Gasteiger partial charge in [-0.15, -0.1) is 0 Å². The van der Waals surface area contributed by atoms with Crippen LogP contribution in [0.1, 0.15) is 34.2 Å². The number of aromatic nitrogens is 6. The number of nitrogens with two attached hydrogens (primary N) is 2. The lowest BCUT2D eigenvalue weighted by molar-refractivity contribution is 0.100. The molecule has 0 bridgehead atoms. The second-order valence-electron chi connectivity index (χ2n) is 7.68. The van der Waals surface area contributed by atoms with Gasteiger partial charge in [-0.1, -0.05) is 37.5 Å². The van der Waals surface area contributed by atoms with Gasteiger partial charge in [-0.05, 0) is 12.1 Å². The number of anilines is 1. The summed E-state index contributed by atoms with van der Waals surface area (Å²) in [7, 11) is 5.21. The van der Waals surface area contributed by atoms with E-state index >= 15 is 0 Å². The van der Waals surface area contributed by atoms with Crippen LogP contribution in [0.5, 0.6) is 0 Å². The van der Waals surface area contributed by atoms with E-state index in [1.54, 1.807) is 29.5 Å². The third-order valence-electron chi connectivity index (χ3n) is 5.15. The molecule has 1 amide bonds. The molecular weight excluding hydrogens is 458 g/mol. The third-order valence-corrected chi connectivity index (χ3v) is 5.15. The number of hydrogen-bond acceptors (Lipinski definition) is 7. The van der Waals surface area contributed by atoms with Crippen molar-refractivity contribution in [2.75, 3.05) is 5.73 Å². The molecule has 0 radical (unpaired) electrons. The number of allylic oxidation sites excluding steroid dienone is 1. The highest BCUT2D eigenvalue weighted by Crippen LogP contribution is 2.22. The number of primary amides is 1. The summed E-state index contributed by atoms with van der Waals surface area (Å²) in [5.41, 5.74) is 12.9. The van der Waals surface area contributed by atoms with E-state index in [4.69, 9.17) is 11.5 Å². The zero-order valence-electron chi connectivity index (χ0n) is 20.6. The zero-order chi connectivity index (χ0) is 26.4. The third kappa shape index (κ3) is 5.39. The number of fused-ring (bicyclic) bond motifs is 1. The van der Waals surface area contributed by atoms with Crippen molar-refractivity contribution < 1.29 is 4.79 Å². The van der Waals surface area contributed by atoms with Crippen LogP contribution in [0.15, 0.2) is 53.0 Å². The van der Waals surface area contributed by atoms with Crippen LogP contribution in [0.2, 0.25) is 0 Å². The van der Waals surface area contributed by atoms with Gasteiger partial charge in [-0.25, -0.2) is 14.7 Å². The minimum absolute atomic E-state index is 0.0575. The minimum Gasteiger partial charge on any atom is -0.381 e. The number of aryl methyl sites for hydroxylation is 3. The molecule has 0 spiro atoms. The molecule has 4 N–H and O–H groups in total. The Labute approximate surface area is 207 Å². The van der Waals surface area contributed by atoms with E-state index in [2.05, 4.69) is 38.6 Å². The van der Waals surface area contributed by atoms with Crippen LogP contribution in [0.25, 0.3) is 10.9 Å². The van der Waals surface area contributed by atoms with Crippen LogP contribution in [0.3, 0.4) is 0 Å². The van der Waals surface area contributed by atoms with Gasteiger partial charge in [0.05, 0.1) is 22.7 Å². The van der Waals surface area contributed by atoms with Crippen LogP contribution in [0, 0.1) is 11.8 Å². The number of benzene rings is 1. The van der Waals surface area contributed by atoms with Crippen molar-refractivity contribution in [2.24, 2.45) is 31.9 Å². The maximum Gasteiger partial charge on any atom is 0.262 e. The predicted molar refractivity (Wildman–Crippen MR) is 140 cm³/mol. The quantitative estimate of drug-likeness (QED) is 0.331. The lowest BCUT2D eigenvalue weighted by Gasteiger charge is -2.08. The van der Waals surface area contributed by atoms with E-state index in [1.165, 1.54) is 17.0 Å². The summed E-state index contributed by atoms with van der Waals surface area (Å²) in [6, 6.07) is 5.58. The number of aliphatic imine (C=N–C) groups is 1. The van der Waals surface area contributed by atoms with E-state index in [-0.39, 0.29) is 16.9 Å². The Morgan fingerprint density at radius 3 is 2.61 bits per heavy atom. The summed E-state index contributed by atoms with van der Waals surface area (Å²) in [5, 5.41) is 8.48. The van der Waals surface area contributed by atoms with Crippen molar-refractivity contribution in [1.29, 1.82) is 0 Å². The van der Waals surface area contributed by atoms with Crippen molar-refractivity contribution in [3.63, 3.8) is 0 Å². The van der Waals surface area contributed by atoms with Crippen LogP contribution < -0.4 is 17.0 Å². The first kappa shape index (κ1) is 25.6. The van der Waals surface area contributed by atoms with Crippen molar-refractivity contribution >= 4 is 34.7 Å². The highest BCUT2D eigenvalue weighted by atomic mass is 16.1. The molecule has 3 aromatic heterocycles. The molecule has 4 rings (SSSR count). The molecule has 36 heavy (non-hydrogen) atoms. The molecule has 0 unspecified atom stereocenters. The molecule has 0 atom stereocenters. The molecule has 3 heterocycles. The Morgan fingerprint density at radius 1 is 1.25 bits per heavy atom. The Hall–Kier alpha value is -4.98. The molecule has 0 aliphatic carbocycles. The van der Waals surface area contributed by atoms with Gasteiger partial charge in [-0.3, -0.25) is 18.8 Å². The standard InChI is InChI=1S/C17H16N4O.C8H11N5O/c1-4-15-19-14-7-5-6-13(16(14)17(22)21(15)3)9-8-12-10-18-20(2)11-12;1-3-4-11-8-5(7(10)14)6(9)12-13(8)2/h5-7,10-11H,4H2,1-3H3;3-4H,1H2,2H3,(H2,9,12)(H2,10,14)/b;11-4-. The van der Waals surface area contributed by atoms with E-state index in [0.717, 1.165) is 11.4 Å². The van der Waals surface area contributed by atoms with Gasteiger partial charge < -0.3 is 11.5 Å². The second kappa shape index (κ2) is 11.0. The molecule has 4 aromatic rings. The normalized spacial score (nSPS) is 10.6. The summed E-state index contributed by atoms with van der Waals surface area (Å²) >= 11 is 0. The molecule has 184 valence electrons. The van der Waals surface area contributed by atoms with Gasteiger partial charge in [0, 0.05) is 45.5 Å². The molecule has 0 aliphatic heterocycles. The number of amides is 1. The van der Waals surface area contributed by atoms with Crippen molar-refractivity contribution in [3.05, 3.63) is 76.1 Å². The molecule has 0 saturated heterocycles. The summed E-state index contributed by atoms with van der Waals surface area (Å²) < 4.78 is 4.67. The first-order valence-electron chi connectivity index (χ1n) is 10.9. The second-order valence-corrected chi connectivity index (χ2v) is 7.68. The lowest BCUT2D eigenvalue weighted by Crippen LogP contribution is -2.22. The van der Waals surface area contributed by atoms with E-state index in [1.807, 2.05) is 38.4 Å². The SMILES string of the molecule is C=C/C=N\c1c(C(N)=O)c(N)nn1C.CCc1nc2cccc(C#Cc3cnn(C)c3)c2c(=O)n1C. The van der Waals surface area contributed by atoms with Gasteiger partial charge in [0.2, 0.25) is 0 Å². The van der Waals surface area contributed by atoms with Gasteiger partial charge in [0.1, 0.15) is 11.4 Å². The number of carbonyl (C=O) groups excluding carboxylic acids is 1. The van der Waals surface area contributed by atoms with E-state index < -0.39 is 5.91 Å². The van der Waals surface area contributed by atoms with Gasteiger partial charge in [0.15, 0.2) is 11.6 Å². The maximum atomic E-state index is 12.6. The lowest BCUT2D eigenvalue weighted by atomic mass is 10.1. The number of nitrogens with zero attached hydrogens (tertiary/aromatic N) is 7. The van der Waals surface area contributed by atoms with E-state index in [0.29, 0.717) is 28.7 Å². The Balaban J connectivity index is 0.000000223. The number of hydrogen-bond donors (Lipinski definition) is 2. The first-order chi connectivity index (χ1) is 17.2. The maximum absolute atomic E-state index is 12.6. The van der Waals surface area contributed by atoms with Crippen molar-refractivity contribution in [1.82, 2.24) is 29.1 Å². The monoisotopic (exact) mass is 485 g/mol. The van der Waals surface area contributed by atoms with Gasteiger partial charge in [-0.2, -0.15) is 10.2 Å². The first-order valence-corrected chi connectivity index (χ1v) is 10.9. The highest BCUT2D eigenvalue weighted by molar-refractivity contribution is 6.02. The fraction of sp³-hybridized carbons (Fsp3) is 0.200. The van der Waals surface area contributed by atoms with Crippen LogP contribution in [0.4, 0.5) is 11.6 Å². The molecule has 0 fully saturated rings. The minimum atomic E-state index is -0.646. The zero-order valence-corrected chi connectivity index (χ0v) is 20.6. The summed E-state index contributed by atoms with van der Waals surface area (Å²) in [6.07, 6.45) is 7.16. The Bertz CT molecular complexity index is 1590. The van der Waals surface area contributed by atoms with Crippen molar-refractivity contribution in [3.8, 4) is 11.8 Å². The number of carbonyl (C=O) groups is 1. The Kier molecular flexibility index (Phi) is 7.81. The summed E-state index contributed by atoms with van der Waals surface area (Å²) in [6.45, 7) is 5.45. The largest absolute Gasteiger partial charge is 0.381 e. The van der Waals surface area contributed by atoms with Crippen LogP contribution >= 0.6 is 0 Å². The molecule has 0 aliphatic rings. The van der Waals surface area contributed by atoms with Crippen molar-refractivity contribution in [2.45, 2.75) is 13.3 Å². The van der Waals surface area contributed by atoms with Gasteiger partial charge in [0.25, 0.3) is 11.5 Å². The fourth-order valence-corrected chi connectivity index (χ4v) is 3.45. The Morgan fingerprint density at radius 2 is 2.00 bits per heavy atom. The smallest absolute Gasteiger partial charge is 0.262 e. The molecular formula is C25H27N9O2. The average molecular weight is 486 g/mol. The average Bonchev–Trinajstić information content (AvgIpc) is 3.39. The molecule has 1 aromatic carbocycles. The number of rotatable bonds is 4. The fourth-order valence-electron chi connectivity index (χ4n) is 3.45. The summed E-state index contributed by atoms with van der Waals surface area (Å²) in [4.78, 5) is 32.1. The predicted octanol–water partition coefficient (Wildman–Crippen LogP) is 1.62. The summed E-state index contributed by atoms with van der Waals surface area (Å²) in [5.74, 6) is 6.64. The van der Waals surface area contributed by atoms with Crippen LogP contribution in [-0.4, -0.2) is 41.2 Å². The van der Waals surface area contributed by atoms with E-state index in [9.17, 15) is 9.59 Å². The molecule has 11 nitrogen and oxygen atoms in total. The van der Waals surface area contributed by atoms with Crippen LogP contribution in [-0.2, 0) is 27.6 Å². The van der Waals surface area contributed by atoms with Gasteiger partial charge >= 0.3 is 0 Å². The number of nitrogen functional groups attached to an aromatic ring is 1.